The number of pyridine rings is 1. The third kappa shape index (κ3) is 5.02. The Morgan fingerprint density at radius 1 is 1.15 bits per heavy atom. The van der Waals surface area contributed by atoms with Crippen molar-refractivity contribution in [3.63, 3.8) is 0 Å². The van der Waals surface area contributed by atoms with Gasteiger partial charge in [0, 0.05) is 22.9 Å². The number of benzene rings is 1. The second-order valence-corrected chi connectivity index (χ2v) is 6.78. The van der Waals surface area contributed by atoms with E-state index < -0.39 is 5.76 Å². The summed E-state index contributed by atoms with van der Waals surface area (Å²) in [5.74, 6) is -2.59. The maximum Gasteiger partial charge on any atom is 0.288 e. The Labute approximate surface area is 155 Å². The molecule has 0 bridgehead atoms. The Hall–Kier alpha value is -2.46. The molecule has 2 aromatic heterocycles. The van der Waals surface area contributed by atoms with Gasteiger partial charge in [-0.3, -0.25) is 9.78 Å². The van der Waals surface area contributed by atoms with Gasteiger partial charge >= 0.3 is 0 Å². The molecule has 0 spiro atoms. The average molecular weight is 394 g/mol. The molecule has 3 rings (SSSR count). The van der Waals surface area contributed by atoms with Crippen LogP contribution in [0, 0.1) is 0 Å². The summed E-state index contributed by atoms with van der Waals surface area (Å²) in [6, 6.07) is 9.85. The fraction of sp³-hybridized carbons (Fsp3) is 0.125. The van der Waals surface area contributed by atoms with Crippen LogP contribution in [-0.4, -0.2) is 32.6 Å². The fourth-order valence-electron chi connectivity index (χ4n) is 1.96. The van der Waals surface area contributed by atoms with Crippen molar-refractivity contribution in [3.8, 4) is 11.5 Å². The highest BCUT2D eigenvalue weighted by molar-refractivity contribution is 8.00. The van der Waals surface area contributed by atoms with Crippen molar-refractivity contribution in [1.29, 1.82) is 0 Å². The van der Waals surface area contributed by atoms with Crippen molar-refractivity contribution in [2.75, 3.05) is 11.1 Å². The van der Waals surface area contributed by atoms with Gasteiger partial charge in [-0.15, -0.1) is 10.2 Å². The van der Waals surface area contributed by atoms with Crippen molar-refractivity contribution in [2.24, 2.45) is 0 Å². The van der Waals surface area contributed by atoms with Crippen LogP contribution in [0.5, 0.6) is 0 Å². The molecule has 1 N–H and O–H groups in total. The summed E-state index contributed by atoms with van der Waals surface area (Å²) in [7, 11) is 0. The van der Waals surface area contributed by atoms with Crippen LogP contribution in [0.1, 0.15) is 0 Å². The zero-order chi connectivity index (χ0) is 18.4. The van der Waals surface area contributed by atoms with Gasteiger partial charge in [0.05, 0.1) is 11.4 Å². The highest BCUT2D eigenvalue weighted by atomic mass is 32.2. The number of halogens is 2. The third-order valence-corrected chi connectivity index (χ3v) is 4.64. The van der Waals surface area contributed by atoms with Crippen LogP contribution in [-0.2, 0) is 4.79 Å². The molecule has 3 aromatic rings. The van der Waals surface area contributed by atoms with Gasteiger partial charge < -0.3 is 9.73 Å². The minimum absolute atomic E-state index is 0.00561. The first-order valence-corrected chi connectivity index (χ1v) is 9.19. The molecule has 1 amide bonds. The first-order valence-electron chi connectivity index (χ1n) is 7.32. The monoisotopic (exact) mass is 394 g/mol. The number of carbonyl (C=O) groups is 1. The van der Waals surface area contributed by atoms with E-state index in [1.54, 1.807) is 42.7 Å². The number of carbonyl (C=O) groups excluding carboxylic acids is 1. The van der Waals surface area contributed by atoms with E-state index in [-0.39, 0.29) is 16.9 Å². The van der Waals surface area contributed by atoms with E-state index in [0.29, 0.717) is 28.2 Å². The number of alkyl halides is 2. The van der Waals surface area contributed by atoms with E-state index in [9.17, 15) is 13.6 Å². The minimum atomic E-state index is -2.56. The number of para-hydroxylation sites is 1. The first-order chi connectivity index (χ1) is 12.6. The quantitative estimate of drug-likeness (QED) is 0.602. The molecule has 10 heteroatoms. The first kappa shape index (κ1) is 18.3. The normalized spacial score (nSPS) is 10.9. The van der Waals surface area contributed by atoms with Gasteiger partial charge in [0.1, 0.15) is 0 Å². The van der Waals surface area contributed by atoms with Crippen molar-refractivity contribution < 1.29 is 18.0 Å². The number of rotatable bonds is 7. The molecule has 0 aliphatic heterocycles. The molecule has 0 saturated carbocycles. The smallest absolute Gasteiger partial charge is 0.288 e. The van der Waals surface area contributed by atoms with E-state index in [0.717, 1.165) is 17.3 Å². The number of amides is 1. The number of nitrogens with zero attached hydrogens (tertiary/aromatic N) is 3. The SMILES string of the molecule is O=C(CSc1nnc(-c2ccncc2)o1)Nc1ccccc1SC(F)F. The Morgan fingerprint density at radius 2 is 1.92 bits per heavy atom. The molecule has 26 heavy (non-hydrogen) atoms. The van der Waals surface area contributed by atoms with Crippen LogP contribution in [0.3, 0.4) is 0 Å². The summed E-state index contributed by atoms with van der Waals surface area (Å²) in [5.41, 5.74) is 1.06. The summed E-state index contributed by atoms with van der Waals surface area (Å²) >= 11 is 1.44. The van der Waals surface area contributed by atoms with Gasteiger partial charge in [0.25, 0.3) is 11.0 Å². The van der Waals surface area contributed by atoms with Crippen molar-refractivity contribution in [1.82, 2.24) is 15.2 Å². The van der Waals surface area contributed by atoms with Gasteiger partial charge in [-0.05, 0) is 24.3 Å². The zero-order valence-corrected chi connectivity index (χ0v) is 14.8. The van der Waals surface area contributed by atoms with E-state index >= 15 is 0 Å². The predicted octanol–water partition coefficient (Wildman–Crippen LogP) is 4.18. The molecule has 0 atom stereocenters. The maximum absolute atomic E-state index is 12.6. The van der Waals surface area contributed by atoms with Gasteiger partial charge in [-0.2, -0.15) is 8.78 Å². The molecule has 1 aromatic carbocycles. The van der Waals surface area contributed by atoms with Gasteiger partial charge in [0.2, 0.25) is 11.8 Å². The van der Waals surface area contributed by atoms with Crippen LogP contribution < -0.4 is 5.32 Å². The number of anilines is 1. The number of aromatic nitrogens is 3. The molecule has 6 nitrogen and oxygen atoms in total. The van der Waals surface area contributed by atoms with E-state index in [2.05, 4.69) is 20.5 Å². The van der Waals surface area contributed by atoms with Crippen LogP contribution in [0.25, 0.3) is 11.5 Å². The number of hydrogen-bond donors (Lipinski definition) is 1. The Kier molecular flexibility index (Phi) is 6.18. The van der Waals surface area contributed by atoms with Crippen LogP contribution in [0.4, 0.5) is 14.5 Å². The number of hydrogen-bond acceptors (Lipinski definition) is 7. The lowest BCUT2D eigenvalue weighted by atomic mass is 10.3. The lowest BCUT2D eigenvalue weighted by molar-refractivity contribution is -0.113. The highest BCUT2D eigenvalue weighted by Gasteiger charge is 2.14. The zero-order valence-electron chi connectivity index (χ0n) is 13.1. The lowest BCUT2D eigenvalue weighted by Gasteiger charge is -2.09. The Morgan fingerprint density at radius 3 is 2.69 bits per heavy atom. The van der Waals surface area contributed by atoms with Gasteiger partial charge in [-0.1, -0.05) is 35.7 Å². The molecular formula is C16H12F2N4O2S2. The molecular weight excluding hydrogens is 382 g/mol. The molecule has 0 fully saturated rings. The van der Waals surface area contributed by atoms with Crippen LogP contribution >= 0.6 is 23.5 Å². The van der Waals surface area contributed by atoms with Gasteiger partial charge in [0.15, 0.2) is 0 Å². The summed E-state index contributed by atoms with van der Waals surface area (Å²) < 4.78 is 30.6. The minimum Gasteiger partial charge on any atom is -0.411 e. The van der Waals surface area contributed by atoms with Crippen molar-refractivity contribution in [3.05, 3.63) is 48.8 Å². The molecule has 0 aliphatic rings. The number of nitrogens with one attached hydrogen (secondary N) is 1. The van der Waals surface area contributed by atoms with E-state index in [1.807, 2.05) is 0 Å². The average Bonchev–Trinajstić information content (AvgIpc) is 3.11. The molecule has 134 valence electrons. The van der Waals surface area contributed by atoms with Gasteiger partial charge in [-0.25, -0.2) is 0 Å². The van der Waals surface area contributed by atoms with Crippen molar-refractivity contribution in [2.45, 2.75) is 15.9 Å². The van der Waals surface area contributed by atoms with Crippen LogP contribution in [0.2, 0.25) is 0 Å². The largest absolute Gasteiger partial charge is 0.411 e. The summed E-state index contributed by atoms with van der Waals surface area (Å²) in [4.78, 5) is 16.3. The molecule has 2 heterocycles. The third-order valence-electron chi connectivity index (χ3n) is 3.04. The fourth-order valence-corrected chi connectivity index (χ4v) is 3.12. The molecule has 0 radical (unpaired) electrons. The Bertz CT molecular complexity index is 877. The second-order valence-electron chi connectivity index (χ2n) is 4.82. The lowest BCUT2D eigenvalue weighted by Crippen LogP contribution is -2.14. The summed E-state index contributed by atoms with van der Waals surface area (Å²) in [6.45, 7) is 0. The molecule has 0 aliphatic carbocycles. The van der Waals surface area contributed by atoms with Crippen molar-refractivity contribution >= 4 is 35.1 Å². The summed E-state index contributed by atoms with van der Waals surface area (Å²) in [6.07, 6.45) is 3.21. The molecule has 0 saturated heterocycles. The second kappa shape index (κ2) is 8.77. The standard InChI is InChI=1S/C16H12F2N4O2S2/c17-15(18)26-12-4-2-1-3-11(12)20-13(23)9-25-16-22-21-14(24-16)10-5-7-19-8-6-10/h1-8,15H,9H2,(H,20,23). The topological polar surface area (TPSA) is 80.9 Å². The predicted molar refractivity (Wildman–Crippen MR) is 95.2 cm³/mol. The van der Waals surface area contributed by atoms with E-state index in [1.165, 1.54) is 6.07 Å². The molecule has 0 unspecified atom stereocenters. The van der Waals surface area contributed by atoms with Crippen LogP contribution in [0.15, 0.2) is 63.3 Å². The summed E-state index contributed by atoms with van der Waals surface area (Å²) in [5, 5.41) is 10.6. The maximum atomic E-state index is 12.6. The Balaban J connectivity index is 1.58. The number of thioether (sulfide) groups is 2. The van der Waals surface area contributed by atoms with E-state index in [4.69, 9.17) is 4.42 Å². The highest BCUT2D eigenvalue weighted by Crippen LogP contribution is 2.31.